The summed E-state index contributed by atoms with van der Waals surface area (Å²) in [7, 11) is 6.09. The number of methoxy groups -OCH3 is 4. The third-order valence-electron chi connectivity index (χ3n) is 4.25. The molecule has 1 N–H and O–H groups in total. The van der Waals surface area contributed by atoms with Crippen LogP contribution in [0.1, 0.15) is 30.7 Å². The van der Waals surface area contributed by atoms with E-state index >= 15 is 0 Å². The zero-order chi connectivity index (χ0) is 16.8. The molecule has 23 heavy (non-hydrogen) atoms. The summed E-state index contributed by atoms with van der Waals surface area (Å²) < 4.78 is 21.2. The number of hydrogen-bond acceptors (Lipinski definition) is 6. The molecular weight excluding hydrogens is 298 g/mol. The van der Waals surface area contributed by atoms with E-state index in [9.17, 15) is 4.79 Å². The zero-order valence-electron chi connectivity index (χ0n) is 14.2. The molecule has 128 valence electrons. The molecule has 1 fully saturated rings. The van der Waals surface area contributed by atoms with Crippen molar-refractivity contribution in [2.24, 2.45) is 0 Å². The highest BCUT2D eigenvalue weighted by Gasteiger charge is 2.33. The van der Waals surface area contributed by atoms with Gasteiger partial charge in [-0.25, -0.2) is 0 Å². The van der Waals surface area contributed by atoms with Gasteiger partial charge in [0.1, 0.15) is 0 Å². The van der Waals surface area contributed by atoms with Crippen molar-refractivity contribution in [2.45, 2.75) is 31.2 Å². The van der Waals surface area contributed by atoms with Crippen molar-refractivity contribution in [3.05, 3.63) is 17.7 Å². The van der Waals surface area contributed by atoms with E-state index in [0.717, 1.165) is 31.4 Å². The van der Waals surface area contributed by atoms with E-state index in [4.69, 9.17) is 18.9 Å². The Morgan fingerprint density at radius 2 is 1.74 bits per heavy atom. The summed E-state index contributed by atoms with van der Waals surface area (Å²) in [5.74, 6) is 0.907. The lowest BCUT2D eigenvalue weighted by Gasteiger charge is -2.30. The van der Waals surface area contributed by atoms with E-state index in [1.807, 2.05) is 12.1 Å². The third kappa shape index (κ3) is 3.69. The van der Waals surface area contributed by atoms with Gasteiger partial charge in [0.2, 0.25) is 5.75 Å². The summed E-state index contributed by atoms with van der Waals surface area (Å²) in [6, 6.07) is 3.68. The Hall–Kier alpha value is -1.95. The third-order valence-corrected chi connectivity index (χ3v) is 4.25. The first-order valence-electron chi connectivity index (χ1n) is 7.77. The molecule has 1 aromatic carbocycles. The predicted molar refractivity (Wildman–Crippen MR) is 86.5 cm³/mol. The monoisotopic (exact) mass is 323 g/mol. The molecule has 0 aliphatic carbocycles. The lowest BCUT2D eigenvalue weighted by atomic mass is 9.86. The highest BCUT2D eigenvalue weighted by atomic mass is 16.5. The fourth-order valence-corrected chi connectivity index (χ4v) is 3.10. The Kier molecular flexibility index (Phi) is 6.10. The number of hydrogen-bond donors (Lipinski definition) is 1. The average Bonchev–Trinajstić information content (AvgIpc) is 2.61. The second-order valence-corrected chi connectivity index (χ2v) is 5.52. The van der Waals surface area contributed by atoms with Gasteiger partial charge < -0.3 is 24.3 Å². The molecule has 6 nitrogen and oxygen atoms in total. The fourth-order valence-electron chi connectivity index (χ4n) is 3.10. The van der Waals surface area contributed by atoms with E-state index in [0.29, 0.717) is 17.2 Å². The second kappa shape index (κ2) is 8.06. The molecule has 0 amide bonds. The first kappa shape index (κ1) is 17.4. The predicted octanol–water partition coefficient (Wildman–Crippen LogP) is 2.11. The van der Waals surface area contributed by atoms with Crippen molar-refractivity contribution in [1.29, 1.82) is 0 Å². The van der Waals surface area contributed by atoms with E-state index in [2.05, 4.69) is 5.32 Å². The number of ether oxygens (including phenoxy) is 4. The number of nitrogens with one attached hydrogen (secondary N) is 1. The molecule has 0 aromatic heterocycles. The molecule has 0 radical (unpaired) electrons. The Morgan fingerprint density at radius 1 is 1.09 bits per heavy atom. The Morgan fingerprint density at radius 3 is 2.17 bits per heavy atom. The number of rotatable bonds is 6. The minimum absolute atomic E-state index is 0.0407. The summed E-state index contributed by atoms with van der Waals surface area (Å²) in [4.78, 5) is 12.4. The molecule has 6 heteroatoms. The maximum absolute atomic E-state index is 12.4. The van der Waals surface area contributed by atoms with Crippen molar-refractivity contribution < 1.29 is 23.7 Å². The molecule has 1 saturated heterocycles. The second-order valence-electron chi connectivity index (χ2n) is 5.52. The SMILES string of the molecule is COC(=O)C(c1cc(OC)c(OC)c(OC)c1)[C@H]1CCCCN1. The van der Waals surface area contributed by atoms with Gasteiger partial charge in [0.05, 0.1) is 34.4 Å². The number of esters is 1. The number of benzene rings is 1. The van der Waals surface area contributed by atoms with Gasteiger partial charge in [-0.1, -0.05) is 6.42 Å². The first-order valence-corrected chi connectivity index (χ1v) is 7.77. The molecule has 1 unspecified atom stereocenters. The van der Waals surface area contributed by atoms with Crippen molar-refractivity contribution in [3.8, 4) is 17.2 Å². The van der Waals surface area contributed by atoms with Crippen LogP contribution in [0.3, 0.4) is 0 Å². The lowest BCUT2D eigenvalue weighted by Crippen LogP contribution is -2.42. The number of carbonyl (C=O) groups excluding carboxylic acids is 1. The summed E-state index contributed by atoms with van der Waals surface area (Å²) in [5.41, 5.74) is 0.797. The van der Waals surface area contributed by atoms with Crippen LogP contribution in [-0.2, 0) is 9.53 Å². The van der Waals surface area contributed by atoms with Crippen molar-refractivity contribution in [2.75, 3.05) is 35.0 Å². The van der Waals surface area contributed by atoms with E-state index < -0.39 is 5.92 Å². The molecule has 0 spiro atoms. The Bertz CT molecular complexity index is 515. The summed E-state index contributed by atoms with van der Waals surface area (Å²) in [6.07, 6.45) is 3.14. The molecule has 0 saturated carbocycles. The zero-order valence-corrected chi connectivity index (χ0v) is 14.2. The fraction of sp³-hybridized carbons (Fsp3) is 0.588. The quantitative estimate of drug-likeness (QED) is 0.809. The summed E-state index contributed by atoms with van der Waals surface area (Å²) >= 11 is 0. The van der Waals surface area contributed by atoms with Gasteiger partial charge in [-0.2, -0.15) is 0 Å². The van der Waals surface area contributed by atoms with Crippen molar-refractivity contribution >= 4 is 5.97 Å². The maximum atomic E-state index is 12.4. The van der Waals surface area contributed by atoms with E-state index in [-0.39, 0.29) is 12.0 Å². The van der Waals surface area contributed by atoms with Gasteiger partial charge >= 0.3 is 5.97 Å². The highest BCUT2D eigenvalue weighted by molar-refractivity contribution is 5.80. The van der Waals surface area contributed by atoms with Gasteiger partial charge in [0, 0.05) is 6.04 Å². The topological polar surface area (TPSA) is 66.0 Å². The molecule has 1 heterocycles. The van der Waals surface area contributed by atoms with Crippen LogP contribution in [0.5, 0.6) is 17.2 Å². The lowest BCUT2D eigenvalue weighted by molar-refractivity contribution is -0.143. The first-order chi connectivity index (χ1) is 11.2. The molecule has 0 bridgehead atoms. The average molecular weight is 323 g/mol. The molecule has 2 atom stereocenters. The smallest absolute Gasteiger partial charge is 0.314 e. The maximum Gasteiger partial charge on any atom is 0.314 e. The van der Waals surface area contributed by atoms with Crippen LogP contribution in [0.15, 0.2) is 12.1 Å². The van der Waals surface area contributed by atoms with Gasteiger partial charge in [-0.15, -0.1) is 0 Å². The summed E-state index contributed by atoms with van der Waals surface area (Å²) in [6.45, 7) is 0.905. The highest BCUT2D eigenvalue weighted by Crippen LogP contribution is 2.41. The number of carbonyl (C=O) groups is 1. The molecule has 1 aliphatic rings. The normalized spacial score (nSPS) is 18.9. The van der Waals surface area contributed by atoms with Gasteiger partial charge in [0.25, 0.3) is 0 Å². The molecular formula is C17H25NO5. The van der Waals surface area contributed by atoms with Crippen LogP contribution >= 0.6 is 0 Å². The minimum atomic E-state index is -0.408. The Labute approximate surface area is 137 Å². The molecule has 2 rings (SSSR count). The van der Waals surface area contributed by atoms with Crippen LogP contribution < -0.4 is 19.5 Å². The van der Waals surface area contributed by atoms with Crippen LogP contribution in [0, 0.1) is 0 Å². The van der Waals surface area contributed by atoms with Crippen molar-refractivity contribution in [3.63, 3.8) is 0 Å². The Balaban J connectivity index is 2.46. The molecule has 1 aliphatic heterocycles. The number of piperidine rings is 1. The van der Waals surface area contributed by atoms with Gasteiger partial charge in [-0.05, 0) is 37.1 Å². The van der Waals surface area contributed by atoms with E-state index in [1.165, 1.54) is 7.11 Å². The van der Waals surface area contributed by atoms with Crippen LogP contribution in [-0.4, -0.2) is 47.0 Å². The largest absolute Gasteiger partial charge is 0.493 e. The van der Waals surface area contributed by atoms with Crippen molar-refractivity contribution in [1.82, 2.24) is 5.32 Å². The standard InChI is InChI=1S/C17H25NO5/c1-20-13-9-11(10-14(21-2)16(13)22-3)15(17(19)23-4)12-7-5-6-8-18-12/h9-10,12,15,18H,5-8H2,1-4H3/t12-,15?/m1/s1. The van der Waals surface area contributed by atoms with E-state index in [1.54, 1.807) is 21.3 Å². The van der Waals surface area contributed by atoms with Crippen LogP contribution in [0.2, 0.25) is 0 Å². The minimum Gasteiger partial charge on any atom is -0.493 e. The summed E-state index contributed by atoms with van der Waals surface area (Å²) in [5, 5.41) is 3.42. The van der Waals surface area contributed by atoms with Crippen LogP contribution in [0.4, 0.5) is 0 Å². The van der Waals surface area contributed by atoms with Gasteiger partial charge in [-0.3, -0.25) is 4.79 Å². The molecule has 1 aromatic rings. The van der Waals surface area contributed by atoms with Gasteiger partial charge in [0.15, 0.2) is 11.5 Å². The van der Waals surface area contributed by atoms with Crippen LogP contribution in [0.25, 0.3) is 0 Å².